The van der Waals surface area contributed by atoms with E-state index in [1.165, 1.54) is 24.3 Å². The summed E-state index contributed by atoms with van der Waals surface area (Å²) in [5.41, 5.74) is 2.11. The second-order valence-electron chi connectivity index (χ2n) is 8.55. The molecule has 0 fully saturated rings. The van der Waals surface area contributed by atoms with Crippen molar-refractivity contribution in [1.82, 2.24) is 10.6 Å². The maximum absolute atomic E-state index is 14.3. The molecule has 3 N–H and O–H groups in total. The first kappa shape index (κ1) is 28.3. The van der Waals surface area contributed by atoms with Crippen LogP contribution < -0.4 is 10.6 Å². The molecule has 0 heterocycles. The minimum Gasteiger partial charge on any atom is -0.478 e. The number of aryl methyl sites for hydroxylation is 1. The highest BCUT2D eigenvalue weighted by molar-refractivity contribution is 6.30. The Hall–Kier alpha value is -4.26. The van der Waals surface area contributed by atoms with Gasteiger partial charge < -0.3 is 20.5 Å². The molecule has 0 aliphatic rings. The van der Waals surface area contributed by atoms with E-state index in [-0.39, 0.29) is 35.8 Å². The van der Waals surface area contributed by atoms with Crippen LogP contribution in [0.4, 0.5) is 4.39 Å². The van der Waals surface area contributed by atoms with Gasteiger partial charge in [-0.1, -0.05) is 53.6 Å². The van der Waals surface area contributed by atoms with Crippen molar-refractivity contribution in [1.29, 1.82) is 5.26 Å². The zero-order valence-corrected chi connectivity index (χ0v) is 21.2. The van der Waals surface area contributed by atoms with E-state index in [4.69, 9.17) is 21.4 Å². The van der Waals surface area contributed by atoms with Crippen LogP contribution in [0, 0.1) is 24.1 Å². The van der Waals surface area contributed by atoms with E-state index in [2.05, 4.69) is 10.6 Å². The lowest BCUT2D eigenvalue weighted by Crippen LogP contribution is -2.51. The first-order valence-corrected chi connectivity index (χ1v) is 12.0. The summed E-state index contributed by atoms with van der Waals surface area (Å²) < 4.78 is 19.8. The van der Waals surface area contributed by atoms with Crippen LogP contribution in [0.2, 0.25) is 5.02 Å². The van der Waals surface area contributed by atoms with Gasteiger partial charge in [0.2, 0.25) is 5.91 Å². The molecule has 0 unspecified atom stereocenters. The van der Waals surface area contributed by atoms with Gasteiger partial charge in [0.25, 0.3) is 5.91 Å². The molecule has 0 saturated carbocycles. The molecule has 0 saturated heterocycles. The van der Waals surface area contributed by atoms with Crippen LogP contribution in [0.25, 0.3) is 0 Å². The molecule has 2 atom stereocenters. The van der Waals surface area contributed by atoms with E-state index >= 15 is 0 Å². The minimum atomic E-state index is -1.12. The lowest BCUT2D eigenvalue weighted by atomic mass is 10.0. The first-order valence-electron chi connectivity index (χ1n) is 11.6. The fraction of sp³-hybridized carbons (Fsp3) is 0.214. The number of carbonyl (C=O) groups excluding carboxylic acids is 2. The SMILES string of the molecule is Cc1cccc(C[C@H](NC(=O)c2ccc(Cl)cc2F)C(=O)N[C@H](C#N)COCc2cccc(C(=O)O)c2)c1. The van der Waals surface area contributed by atoms with E-state index < -0.39 is 35.7 Å². The molecule has 196 valence electrons. The largest absolute Gasteiger partial charge is 0.478 e. The Morgan fingerprint density at radius 2 is 1.79 bits per heavy atom. The summed E-state index contributed by atoms with van der Waals surface area (Å²) in [7, 11) is 0. The van der Waals surface area contributed by atoms with Gasteiger partial charge in [-0.3, -0.25) is 9.59 Å². The van der Waals surface area contributed by atoms with Crippen molar-refractivity contribution in [3.8, 4) is 6.07 Å². The number of amides is 2. The Labute approximate surface area is 224 Å². The molecule has 3 aromatic rings. The van der Waals surface area contributed by atoms with E-state index in [9.17, 15) is 24.0 Å². The van der Waals surface area contributed by atoms with Crippen LogP contribution in [-0.2, 0) is 22.6 Å². The van der Waals surface area contributed by atoms with Crippen molar-refractivity contribution < 1.29 is 28.6 Å². The van der Waals surface area contributed by atoms with Crippen molar-refractivity contribution in [3.63, 3.8) is 0 Å². The maximum atomic E-state index is 14.3. The number of rotatable bonds is 11. The topological polar surface area (TPSA) is 129 Å². The number of carboxylic acid groups (broad SMARTS) is 1. The van der Waals surface area contributed by atoms with E-state index in [0.717, 1.165) is 17.2 Å². The van der Waals surface area contributed by atoms with E-state index in [0.29, 0.717) is 5.56 Å². The molecular formula is C28H25ClFN3O5. The molecule has 0 aromatic heterocycles. The molecule has 2 amide bonds. The third-order valence-electron chi connectivity index (χ3n) is 5.52. The van der Waals surface area contributed by atoms with Crippen molar-refractivity contribution in [2.75, 3.05) is 6.61 Å². The van der Waals surface area contributed by atoms with Crippen LogP contribution >= 0.6 is 11.6 Å². The number of hydrogen-bond acceptors (Lipinski definition) is 5. The Kier molecular flexibility index (Phi) is 9.93. The Bertz CT molecular complexity index is 1370. The van der Waals surface area contributed by atoms with Crippen LogP contribution in [0.15, 0.2) is 66.7 Å². The number of carboxylic acids is 1. The highest BCUT2D eigenvalue weighted by atomic mass is 35.5. The number of halogens is 2. The van der Waals surface area contributed by atoms with Gasteiger partial charge >= 0.3 is 5.97 Å². The van der Waals surface area contributed by atoms with E-state index in [1.54, 1.807) is 18.2 Å². The van der Waals surface area contributed by atoms with Crippen LogP contribution in [0.5, 0.6) is 0 Å². The molecule has 0 radical (unpaired) electrons. The second-order valence-corrected chi connectivity index (χ2v) is 8.99. The third-order valence-corrected chi connectivity index (χ3v) is 5.75. The fourth-order valence-electron chi connectivity index (χ4n) is 3.67. The monoisotopic (exact) mass is 537 g/mol. The van der Waals surface area contributed by atoms with Crippen LogP contribution in [-0.4, -0.2) is 41.6 Å². The molecule has 3 aromatic carbocycles. The smallest absolute Gasteiger partial charge is 0.335 e. The van der Waals surface area contributed by atoms with Crippen LogP contribution in [0.1, 0.15) is 37.4 Å². The summed E-state index contributed by atoms with van der Waals surface area (Å²) in [5, 5.41) is 23.9. The van der Waals surface area contributed by atoms with Gasteiger partial charge in [0.15, 0.2) is 0 Å². The number of nitriles is 1. The third kappa shape index (κ3) is 8.13. The van der Waals surface area contributed by atoms with E-state index in [1.807, 2.05) is 31.2 Å². The molecule has 38 heavy (non-hydrogen) atoms. The number of benzene rings is 3. The van der Waals surface area contributed by atoms with Gasteiger partial charge in [0, 0.05) is 11.4 Å². The highest BCUT2D eigenvalue weighted by Crippen LogP contribution is 2.15. The van der Waals surface area contributed by atoms with Crippen molar-refractivity contribution in [2.45, 2.75) is 32.0 Å². The average molecular weight is 538 g/mol. The number of nitrogens with one attached hydrogen (secondary N) is 2. The standard InChI is InChI=1S/C28H25ClFN3O5/c1-17-4-2-5-18(10-17)12-25(33-26(34)23-9-8-21(29)13-24(23)30)27(35)32-22(14-31)16-38-15-19-6-3-7-20(11-19)28(36)37/h2-11,13,22,25H,12,15-16H2,1H3,(H,32,35)(H,33,34)(H,36,37)/t22-,25+/m1/s1. The second kappa shape index (κ2) is 13.3. The molecule has 0 aliphatic carbocycles. The van der Waals surface area contributed by atoms with Crippen molar-refractivity contribution in [3.05, 3.63) is 105 Å². The minimum absolute atomic E-state index is 0.0223. The fourth-order valence-corrected chi connectivity index (χ4v) is 3.82. The van der Waals surface area contributed by atoms with Crippen molar-refractivity contribution in [2.24, 2.45) is 0 Å². The maximum Gasteiger partial charge on any atom is 0.335 e. The quantitative estimate of drug-likeness (QED) is 0.338. The average Bonchev–Trinajstić information content (AvgIpc) is 2.87. The summed E-state index contributed by atoms with van der Waals surface area (Å²) in [6.45, 7) is 1.72. The molecule has 3 rings (SSSR count). The number of carbonyl (C=O) groups is 3. The van der Waals surface area contributed by atoms with Gasteiger partial charge in [0.05, 0.1) is 30.4 Å². The predicted octanol–water partition coefficient (Wildman–Crippen LogP) is 4.05. The highest BCUT2D eigenvalue weighted by Gasteiger charge is 2.25. The lowest BCUT2D eigenvalue weighted by Gasteiger charge is -2.21. The number of nitrogens with zero attached hydrogens (tertiary/aromatic N) is 1. The van der Waals surface area contributed by atoms with Crippen LogP contribution in [0.3, 0.4) is 0 Å². The van der Waals surface area contributed by atoms with Crippen molar-refractivity contribution >= 4 is 29.4 Å². The van der Waals surface area contributed by atoms with Gasteiger partial charge in [-0.05, 0) is 48.4 Å². The Morgan fingerprint density at radius 1 is 1.05 bits per heavy atom. The predicted molar refractivity (Wildman–Crippen MR) is 138 cm³/mol. The summed E-state index contributed by atoms with van der Waals surface area (Å²) in [6, 6.07) is 16.8. The molecule has 0 aliphatic heterocycles. The summed E-state index contributed by atoms with van der Waals surface area (Å²) >= 11 is 5.77. The zero-order valence-electron chi connectivity index (χ0n) is 20.4. The Morgan fingerprint density at radius 3 is 2.47 bits per heavy atom. The number of ether oxygens (including phenoxy) is 1. The molecule has 0 bridgehead atoms. The van der Waals surface area contributed by atoms with Gasteiger partial charge in [-0.2, -0.15) is 5.26 Å². The zero-order chi connectivity index (χ0) is 27.7. The van der Waals surface area contributed by atoms with Gasteiger partial charge in [-0.15, -0.1) is 0 Å². The van der Waals surface area contributed by atoms with Gasteiger partial charge in [0.1, 0.15) is 17.9 Å². The summed E-state index contributed by atoms with van der Waals surface area (Å²) in [6.07, 6.45) is 0.0927. The number of aromatic carboxylic acids is 1. The normalized spacial score (nSPS) is 12.2. The van der Waals surface area contributed by atoms with Gasteiger partial charge in [-0.25, -0.2) is 9.18 Å². The first-order chi connectivity index (χ1) is 18.2. The Balaban J connectivity index is 1.69. The molecule has 0 spiro atoms. The summed E-state index contributed by atoms with van der Waals surface area (Å²) in [4.78, 5) is 37.1. The number of hydrogen-bond donors (Lipinski definition) is 3. The lowest BCUT2D eigenvalue weighted by molar-refractivity contribution is -0.123. The summed E-state index contributed by atoms with van der Waals surface area (Å²) in [5.74, 6) is -3.37. The molecule has 8 nitrogen and oxygen atoms in total. The molecule has 10 heteroatoms. The molecular weight excluding hydrogens is 513 g/mol.